The van der Waals surface area contributed by atoms with Gasteiger partial charge in [0.25, 0.3) is 5.69 Å². The van der Waals surface area contributed by atoms with Crippen molar-refractivity contribution in [2.24, 2.45) is 0 Å². The molecule has 0 aliphatic heterocycles. The molecule has 1 rings (SSSR count). The molecule has 1 aromatic carbocycles. The Kier molecular flexibility index (Phi) is 6.24. The minimum atomic E-state index is -1.38. The van der Waals surface area contributed by atoms with E-state index in [2.05, 4.69) is 10.2 Å². The van der Waals surface area contributed by atoms with Crippen LogP contribution in [0.15, 0.2) is 18.2 Å². The molecule has 0 saturated carbocycles. The largest absolute Gasteiger partial charge is 0.364 e. The van der Waals surface area contributed by atoms with Crippen molar-refractivity contribution in [3.8, 4) is 0 Å². The molecule has 1 aromatic rings. The third-order valence-electron chi connectivity index (χ3n) is 3.76. The van der Waals surface area contributed by atoms with Gasteiger partial charge in [-0.15, -0.1) is 0 Å². The lowest BCUT2D eigenvalue weighted by atomic mass is 10.2. The number of rotatable bonds is 8. The second-order valence-corrected chi connectivity index (χ2v) is 5.05. The zero-order chi connectivity index (χ0) is 16.9. The van der Waals surface area contributed by atoms with Crippen molar-refractivity contribution < 1.29 is 15.3 Å². The fourth-order valence-electron chi connectivity index (χ4n) is 2.29. The van der Waals surface area contributed by atoms with Crippen LogP contribution in [0.4, 0.5) is 17.1 Å². The fraction of sp³-hybridized carbons (Fsp3) is 0.571. The standard InChI is InChI=1S/C14H25N4O4/c1-5-16(6-2)11(4)15-13-9-8-12(18(21,22)7-3)10-14(13)17(19)20/h8-11,15,21-22H,5-7H2,1-4H3/q+1. The van der Waals surface area contributed by atoms with Gasteiger partial charge < -0.3 is 5.32 Å². The van der Waals surface area contributed by atoms with Crippen LogP contribution in [0.5, 0.6) is 0 Å². The van der Waals surface area contributed by atoms with Crippen LogP contribution in [0.2, 0.25) is 0 Å². The Bertz CT molecular complexity index is 518. The molecular formula is C14H25N4O4+. The molecule has 0 saturated heterocycles. The molecule has 1 unspecified atom stereocenters. The molecule has 22 heavy (non-hydrogen) atoms. The van der Waals surface area contributed by atoms with Crippen LogP contribution in [-0.2, 0) is 0 Å². The number of nitrogens with one attached hydrogen (secondary N) is 1. The lowest BCUT2D eigenvalue weighted by Crippen LogP contribution is -2.41. The van der Waals surface area contributed by atoms with E-state index >= 15 is 0 Å². The lowest BCUT2D eigenvalue weighted by molar-refractivity contribution is -0.384. The van der Waals surface area contributed by atoms with Crippen LogP contribution in [0.1, 0.15) is 27.7 Å². The first-order valence-electron chi connectivity index (χ1n) is 7.39. The summed E-state index contributed by atoms with van der Waals surface area (Å²) in [6, 6.07) is 4.15. The smallest absolute Gasteiger partial charge is 0.298 e. The first kappa shape index (κ1) is 18.3. The molecule has 0 aliphatic rings. The molecule has 0 heterocycles. The van der Waals surface area contributed by atoms with E-state index in [0.717, 1.165) is 13.1 Å². The van der Waals surface area contributed by atoms with Gasteiger partial charge in [-0.25, -0.2) is 0 Å². The number of benzene rings is 1. The molecule has 0 fully saturated rings. The Labute approximate surface area is 130 Å². The Morgan fingerprint density at radius 3 is 2.36 bits per heavy atom. The molecule has 8 heteroatoms. The van der Waals surface area contributed by atoms with Crippen molar-refractivity contribution in [1.82, 2.24) is 9.71 Å². The topological polar surface area (TPSA) is 98.9 Å². The number of hydrogen-bond acceptors (Lipinski definition) is 6. The summed E-state index contributed by atoms with van der Waals surface area (Å²) in [5.41, 5.74) is 0.218. The van der Waals surface area contributed by atoms with Gasteiger partial charge in [0.1, 0.15) is 12.2 Å². The first-order valence-corrected chi connectivity index (χ1v) is 7.39. The van der Waals surface area contributed by atoms with Crippen LogP contribution in [0.3, 0.4) is 0 Å². The molecule has 3 N–H and O–H groups in total. The SMILES string of the molecule is CCN(CC)C(C)Nc1ccc([N+](O)(O)CC)cc1[N+](=O)[O-]. The number of hydroxylamine groups is 2. The summed E-state index contributed by atoms with van der Waals surface area (Å²) in [7, 11) is 0. The van der Waals surface area contributed by atoms with E-state index in [0.29, 0.717) is 5.69 Å². The number of anilines is 1. The van der Waals surface area contributed by atoms with Gasteiger partial charge in [0.2, 0.25) is 5.69 Å². The predicted molar refractivity (Wildman–Crippen MR) is 85.0 cm³/mol. The van der Waals surface area contributed by atoms with E-state index in [9.17, 15) is 20.5 Å². The highest BCUT2D eigenvalue weighted by atomic mass is 16.8. The third-order valence-corrected chi connectivity index (χ3v) is 3.76. The summed E-state index contributed by atoms with van der Waals surface area (Å²) >= 11 is 0. The predicted octanol–water partition coefficient (Wildman–Crippen LogP) is 2.80. The van der Waals surface area contributed by atoms with Gasteiger partial charge in [-0.2, -0.15) is 10.4 Å². The summed E-state index contributed by atoms with van der Waals surface area (Å²) in [5.74, 6) is 0. The summed E-state index contributed by atoms with van der Waals surface area (Å²) < 4.78 is 0. The monoisotopic (exact) mass is 313 g/mol. The minimum absolute atomic E-state index is 0.0141. The molecule has 0 aromatic heterocycles. The van der Waals surface area contributed by atoms with Crippen LogP contribution in [0, 0.1) is 10.1 Å². The number of nitro groups is 1. The average molecular weight is 313 g/mol. The molecule has 124 valence electrons. The van der Waals surface area contributed by atoms with Gasteiger partial charge in [-0.05, 0) is 37.8 Å². The molecule has 0 radical (unpaired) electrons. The van der Waals surface area contributed by atoms with E-state index < -0.39 is 9.73 Å². The molecule has 0 amide bonds. The van der Waals surface area contributed by atoms with E-state index in [1.54, 1.807) is 6.92 Å². The van der Waals surface area contributed by atoms with Gasteiger partial charge in [-0.1, -0.05) is 13.8 Å². The second kappa shape index (κ2) is 7.50. The molecule has 8 nitrogen and oxygen atoms in total. The number of nitro benzene ring substituents is 1. The molecule has 0 aliphatic carbocycles. The van der Waals surface area contributed by atoms with Gasteiger partial charge >= 0.3 is 0 Å². The van der Waals surface area contributed by atoms with Gasteiger partial charge in [0, 0.05) is 6.07 Å². The quantitative estimate of drug-likeness (QED) is 0.295. The fourth-order valence-corrected chi connectivity index (χ4v) is 2.29. The van der Waals surface area contributed by atoms with Crippen LogP contribution in [-0.4, -0.2) is 46.0 Å². The Morgan fingerprint density at radius 2 is 1.91 bits per heavy atom. The highest BCUT2D eigenvalue weighted by molar-refractivity contribution is 5.67. The Hall–Kier alpha value is -1.74. The van der Waals surface area contributed by atoms with Crippen molar-refractivity contribution in [3.63, 3.8) is 0 Å². The first-order chi connectivity index (χ1) is 10.3. The van der Waals surface area contributed by atoms with Gasteiger partial charge in [-0.3, -0.25) is 15.0 Å². The molecule has 1 atom stereocenters. The maximum absolute atomic E-state index is 11.3. The van der Waals surface area contributed by atoms with Crippen molar-refractivity contribution in [2.45, 2.75) is 33.9 Å². The number of nitrogens with zero attached hydrogens (tertiary/aromatic N) is 3. The third kappa shape index (κ3) is 4.14. The number of hydrogen-bond donors (Lipinski definition) is 3. The highest BCUT2D eigenvalue weighted by Crippen LogP contribution is 2.31. The van der Waals surface area contributed by atoms with Crippen molar-refractivity contribution in [3.05, 3.63) is 28.3 Å². The van der Waals surface area contributed by atoms with E-state index in [1.807, 2.05) is 20.8 Å². The second-order valence-electron chi connectivity index (χ2n) is 5.05. The molecule has 0 bridgehead atoms. The summed E-state index contributed by atoms with van der Waals surface area (Å²) in [4.78, 5) is 11.5. The van der Waals surface area contributed by atoms with Crippen LogP contribution in [0.25, 0.3) is 0 Å². The summed E-state index contributed by atoms with van der Waals surface area (Å²) in [5, 5.41) is 33.9. The van der Waals surface area contributed by atoms with Crippen LogP contribution >= 0.6 is 0 Å². The average Bonchev–Trinajstić information content (AvgIpc) is 2.48. The van der Waals surface area contributed by atoms with E-state index in [-0.39, 0.29) is 24.1 Å². The molecular weight excluding hydrogens is 288 g/mol. The zero-order valence-electron chi connectivity index (χ0n) is 13.5. The van der Waals surface area contributed by atoms with Crippen molar-refractivity contribution in [2.75, 3.05) is 25.0 Å². The summed E-state index contributed by atoms with van der Waals surface area (Å²) in [6.07, 6.45) is -0.0757. The van der Waals surface area contributed by atoms with Crippen LogP contribution < -0.4 is 10.1 Å². The zero-order valence-corrected chi connectivity index (χ0v) is 13.5. The maximum atomic E-state index is 11.3. The van der Waals surface area contributed by atoms with E-state index in [4.69, 9.17) is 0 Å². The van der Waals surface area contributed by atoms with Crippen molar-refractivity contribution in [1.29, 1.82) is 0 Å². The Morgan fingerprint density at radius 1 is 1.32 bits per heavy atom. The molecule has 0 spiro atoms. The lowest BCUT2D eigenvalue weighted by Gasteiger charge is -2.28. The minimum Gasteiger partial charge on any atom is -0.364 e. The van der Waals surface area contributed by atoms with Gasteiger partial charge in [0.05, 0.1) is 17.2 Å². The Balaban J connectivity index is 3.13. The number of quaternary nitrogens is 1. The van der Waals surface area contributed by atoms with E-state index in [1.165, 1.54) is 18.2 Å². The van der Waals surface area contributed by atoms with Crippen molar-refractivity contribution >= 4 is 17.1 Å². The highest BCUT2D eigenvalue weighted by Gasteiger charge is 2.29. The van der Waals surface area contributed by atoms with Gasteiger partial charge in [0.15, 0.2) is 0 Å². The summed E-state index contributed by atoms with van der Waals surface area (Å²) in [6.45, 7) is 9.16. The maximum Gasteiger partial charge on any atom is 0.298 e. The normalized spacial score (nSPS) is 13.2.